The van der Waals surface area contributed by atoms with Crippen molar-refractivity contribution in [3.05, 3.63) is 41.1 Å². The fourth-order valence-electron chi connectivity index (χ4n) is 1.72. The molecule has 0 fully saturated rings. The summed E-state index contributed by atoms with van der Waals surface area (Å²) in [6.07, 6.45) is -4.75. The molecule has 0 saturated heterocycles. The third-order valence-corrected chi connectivity index (χ3v) is 2.78. The summed E-state index contributed by atoms with van der Waals surface area (Å²) >= 11 is 0. The van der Waals surface area contributed by atoms with Gasteiger partial charge < -0.3 is 5.32 Å². The second kappa shape index (κ2) is 5.27. The summed E-state index contributed by atoms with van der Waals surface area (Å²) in [7, 11) is 1.31. The van der Waals surface area contributed by atoms with Crippen molar-refractivity contribution in [2.45, 2.75) is 13.1 Å². The van der Waals surface area contributed by atoms with E-state index in [0.29, 0.717) is 6.07 Å². The highest BCUT2D eigenvalue weighted by atomic mass is 19.4. The quantitative estimate of drug-likeness (QED) is 0.858. The molecule has 1 aromatic heterocycles. The van der Waals surface area contributed by atoms with Gasteiger partial charge in [0.15, 0.2) is 5.69 Å². The average Bonchev–Trinajstić information content (AvgIpc) is 2.42. The maximum absolute atomic E-state index is 14.0. The summed E-state index contributed by atoms with van der Waals surface area (Å²) in [6, 6.07) is 2.68. The van der Waals surface area contributed by atoms with E-state index in [1.807, 2.05) is 0 Å². The van der Waals surface area contributed by atoms with E-state index >= 15 is 0 Å². The molecule has 8 heteroatoms. The zero-order valence-electron chi connectivity index (χ0n) is 11.0. The van der Waals surface area contributed by atoms with Crippen LogP contribution in [-0.4, -0.2) is 17.0 Å². The summed E-state index contributed by atoms with van der Waals surface area (Å²) in [6.45, 7) is 1.38. The Morgan fingerprint density at radius 2 is 1.76 bits per heavy atom. The van der Waals surface area contributed by atoms with E-state index in [9.17, 15) is 22.0 Å². The number of nitrogens with one attached hydrogen (secondary N) is 1. The predicted molar refractivity (Wildman–Crippen MR) is 66.7 cm³/mol. The van der Waals surface area contributed by atoms with Crippen molar-refractivity contribution in [3.8, 4) is 11.3 Å². The van der Waals surface area contributed by atoms with Crippen LogP contribution in [0, 0.1) is 18.6 Å². The van der Waals surface area contributed by atoms with Crippen LogP contribution in [0.4, 0.5) is 27.9 Å². The van der Waals surface area contributed by atoms with Crippen LogP contribution in [0.15, 0.2) is 18.2 Å². The molecule has 1 heterocycles. The van der Waals surface area contributed by atoms with Crippen LogP contribution >= 0.6 is 0 Å². The zero-order valence-corrected chi connectivity index (χ0v) is 11.0. The molecule has 0 saturated carbocycles. The predicted octanol–water partition coefficient (Wildman–Crippen LogP) is 3.79. The van der Waals surface area contributed by atoms with Gasteiger partial charge in [-0.2, -0.15) is 13.2 Å². The third kappa shape index (κ3) is 2.93. The van der Waals surface area contributed by atoms with E-state index in [-0.39, 0.29) is 11.5 Å². The number of hydrogen-bond donors (Lipinski definition) is 1. The van der Waals surface area contributed by atoms with Gasteiger partial charge in [-0.3, -0.25) is 0 Å². The van der Waals surface area contributed by atoms with E-state index in [0.717, 1.165) is 6.07 Å². The van der Waals surface area contributed by atoms with Crippen LogP contribution < -0.4 is 5.32 Å². The number of nitrogens with zero attached hydrogens (tertiary/aromatic N) is 2. The second-order valence-corrected chi connectivity index (χ2v) is 4.26. The minimum atomic E-state index is -4.75. The van der Waals surface area contributed by atoms with E-state index in [1.165, 1.54) is 20.0 Å². The lowest BCUT2D eigenvalue weighted by Gasteiger charge is -2.12. The van der Waals surface area contributed by atoms with Crippen LogP contribution in [0.25, 0.3) is 11.3 Å². The molecular weight excluding hydrogens is 293 g/mol. The smallest absolute Gasteiger partial charge is 0.357 e. The third-order valence-electron chi connectivity index (χ3n) is 2.78. The van der Waals surface area contributed by atoms with Crippen molar-refractivity contribution in [1.82, 2.24) is 9.97 Å². The molecule has 0 aliphatic rings. The van der Waals surface area contributed by atoms with Gasteiger partial charge >= 0.3 is 6.18 Å². The molecule has 0 aliphatic carbocycles. The fraction of sp³-hybridized carbons (Fsp3) is 0.231. The summed E-state index contributed by atoms with van der Waals surface area (Å²) in [5.41, 5.74) is -2.26. The lowest BCUT2D eigenvalue weighted by molar-refractivity contribution is -0.141. The van der Waals surface area contributed by atoms with Gasteiger partial charge in [0.05, 0.1) is 11.3 Å². The zero-order chi connectivity index (χ0) is 15.8. The Morgan fingerprint density at radius 3 is 2.33 bits per heavy atom. The van der Waals surface area contributed by atoms with Gasteiger partial charge in [-0.05, 0) is 24.6 Å². The molecule has 0 aliphatic heterocycles. The Morgan fingerprint density at radius 1 is 1.10 bits per heavy atom. The van der Waals surface area contributed by atoms with Crippen molar-refractivity contribution < 1.29 is 22.0 Å². The Hall–Kier alpha value is -2.25. The first-order valence-corrected chi connectivity index (χ1v) is 5.83. The molecular formula is C13H10F5N3. The highest BCUT2D eigenvalue weighted by Gasteiger charge is 2.34. The number of anilines is 1. The SMILES string of the molecule is CNc1nc(-c2c(F)ccc(C)c2F)cc(C(F)(F)F)n1. The first-order valence-electron chi connectivity index (χ1n) is 5.83. The van der Waals surface area contributed by atoms with E-state index in [2.05, 4.69) is 15.3 Å². The largest absolute Gasteiger partial charge is 0.433 e. The molecule has 1 aromatic carbocycles. The molecule has 0 bridgehead atoms. The molecule has 2 rings (SSSR count). The lowest BCUT2D eigenvalue weighted by atomic mass is 10.1. The van der Waals surface area contributed by atoms with Crippen molar-refractivity contribution in [1.29, 1.82) is 0 Å². The van der Waals surface area contributed by atoms with Gasteiger partial charge in [-0.25, -0.2) is 18.7 Å². The Kier molecular flexibility index (Phi) is 3.80. The topological polar surface area (TPSA) is 37.8 Å². The number of benzene rings is 1. The van der Waals surface area contributed by atoms with Crippen molar-refractivity contribution >= 4 is 5.95 Å². The molecule has 2 aromatic rings. The minimum Gasteiger partial charge on any atom is -0.357 e. The standard InChI is InChI=1S/C13H10F5N3/c1-6-3-4-7(14)10(11(6)15)8-5-9(13(16,17)18)21-12(19-2)20-8/h3-5H,1-2H3,(H,19,20,21). The fourth-order valence-corrected chi connectivity index (χ4v) is 1.72. The molecule has 0 unspecified atom stereocenters. The van der Waals surface area contributed by atoms with Crippen molar-refractivity contribution in [3.63, 3.8) is 0 Å². The van der Waals surface area contributed by atoms with E-state index in [4.69, 9.17) is 0 Å². The van der Waals surface area contributed by atoms with Gasteiger partial charge in [0, 0.05) is 7.05 Å². The van der Waals surface area contributed by atoms with Crippen LogP contribution in [0.1, 0.15) is 11.3 Å². The maximum Gasteiger partial charge on any atom is 0.433 e. The number of aromatic nitrogens is 2. The highest BCUT2D eigenvalue weighted by Crippen LogP contribution is 2.33. The second-order valence-electron chi connectivity index (χ2n) is 4.26. The summed E-state index contributed by atoms with van der Waals surface area (Å²) < 4.78 is 66.1. The van der Waals surface area contributed by atoms with Crippen molar-refractivity contribution in [2.24, 2.45) is 0 Å². The van der Waals surface area contributed by atoms with Gasteiger partial charge in [-0.15, -0.1) is 0 Å². The summed E-state index contributed by atoms with van der Waals surface area (Å²) in [5, 5.41) is 2.34. The first kappa shape index (κ1) is 15.1. The average molecular weight is 303 g/mol. The molecule has 0 amide bonds. The van der Waals surface area contributed by atoms with Gasteiger partial charge in [-0.1, -0.05) is 6.07 Å². The van der Waals surface area contributed by atoms with Crippen LogP contribution in [-0.2, 0) is 6.18 Å². The normalized spacial score (nSPS) is 11.6. The number of hydrogen-bond acceptors (Lipinski definition) is 3. The lowest BCUT2D eigenvalue weighted by Crippen LogP contribution is -2.12. The maximum atomic E-state index is 14.0. The molecule has 1 N–H and O–H groups in total. The van der Waals surface area contributed by atoms with Crippen LogP contribution in [0.3, 0.4) is 0 Å². The first-order chi connectivity index (χ1) is 9.74. The van der Waals surface area contributed by atoms with Crippen LogP contribution in [0.5, 0.6) is 0 Å². The van der Waals surface area contributed by atoms with Gasteiger partial charge in [0.1, 0.15) is 11.6 Å². The number of halogens is 5. The van der Waals surface area contributed by atoms with Gasteiger partial charge in [0.25, 0.3) is 0 Å². The summed E-state index contributed by atoms with van der Waals surface area (Å²) in [5.74, 6) is -2.32. The number of rotatable bonds is 2. The minimum absolute atomic E-state index is 0.101. The monoisotopic (exact) mass is 303 g/mol. The number of alkyl halides is 3. The Bertz CT molecular complexity index is 682. The number of aryl methyl sites for hydroxylation is 1. The van der Waals surface area contributed by atoms with Crippen molar-refractivity contribution in [2.75, 3.05) is 12.4 Å². The molecule has 112 valence electrons. The summed E-state index contributed by atoms with van der Waals surface area (Å²) in [4.78, 5) is 6.93. The molecule has 21 heavy (non-hydrogen) atoms. The van der Waals surface area contributed by atoms with Crippen LogP contribution in [0.2, 0.25) is 0 Å². The molecule has 0 spiro atoms. The Balaban J connectivity index is 2.73. The molecule has 0 atom stereocenters. The Labute approximate surface area is 116 Å². The van der Waals surface area contributed by atoms with E-state index in [1.54, 1.807) is 0 Å². The molecule has 0 radical (unpaired) electrons. The van der Waals surface area contributed by atoms with Gasteiger partial charge in [0.2, 0.25) is 5.95 Å². The highest BCUT2D eigenvalue weighted by molar-refractivity contribution is 5.63. The van der Waals surface area contributed by atoms with E-state index < -0.39 is 34.8 Å². The molecule has 3 nitrogen and oxygen atoms in total.